The molecule has 0 aliphatic rings. The van der Waals surface area contributed by atoms with Crippen LogP contribution < -0.4 is 5.32 Å². The summed E-state index contributed by atoms with van der Waals surface area (Å²) in [6.45, 7) is 1.47. The van der Waals surface area contributed by atoms with Gasteiger partial charge in [-0.2, -0.15) is 10.2 Å². The molecule has 0 unspecified atom stereocenters. The molecule has 0 aliphatic carbocycles. The first-order chi connectivity index (χ1) is 9.13. The smallest absolute Gasteiger partial charge is 0.221 e. The Kier molecular flexibility index (Phi) is 4.26. The lowest BCUT2D eigenvalue weighted by molar-refractivity contribution is -0.114. The highest BCUT2D eigenvalue weighted by molar-refractivity contribution is 6.30. The number of hydrogen-bond donors (Lipinski definition) is 1. The fourth-order valence-corrected chi connectivity index (χ4v) is 1.65. The minimum Gasteiger partial charge on any atom is -0.326 e. The molecule has 0 fully saturated rings. The maximum Gasteiger partial charge on any atom is 0.221 e. The van der Waals surface area contributed by atoms with Crippen molar-refractivity contribution in [2.24, 2.45) is 10.2 Å². The van der Waals surface area contributed by atoms with Crippen molar-refractivity contribution in [2.75, 3.05) is 5.32 Å². The van der Waals surface area contributed by atoms with Gasteiger partial charge in [0.2, 0.25) is 5.91 Å². The van der Waals surface area contributed by atoms with Gasteiger partial charge in [0.05, 0.1) is 11.4 Å². The fourth-order valence-electron chi connectivity index (χ4n) is 1.47. The maximum atomic E-state index is 10.9. The van der Waals surface area contributed by atoms with Gasteiger partial charge in [0.15, 0.2) is 0 Å². The van der Waals surface area contributed by atoms with E-state index >= 15 is 0 Å². The Hall–Kier alpha value is -2.20. The van der Waals surface area contributed by atoms with Gasteiger partial charge in [-0.05, 0) is 42.5 Å². The first-order valence-electron chi connectivity index (χ1n) is 5.68. The second-order valence-corrected chi connectivity index (χ2v) is 4.34. The van der Waals surface area contributed by atoms with Gasteiger partial charge in [-0.25, -0.2) is 0 Å². The van der Waals surface area contributed by atoms with Crippen LogP contribution in [0.3, 0.4) is 0 Å². The zero-order valence-electron chi connectivity index (χ0n) is 10.3. The van der Waals surface area contributed by atoms with Crippen molar-refractivity contribution in [3.05, 3.63) is 53.6 Å². The van der Waals surface area contributed by atoms with Crippen LogP contribution in [0.4, 0.5) is 17.1 Å². The molecule has 0 bridgehead atoms. The number of carbonyl (C=O) groups excluding carboxylic acids is 1. The van der Waals surface area contributed by atoms with Crippen molar-refractivity contribution < 1.29 is 4.79 Å². The molecular weight excluding hydrogens is 262 g/mol. The van der Waals surface area contributed by atoms with E-state index in [2.05, 4.69) is 15.5 Å². The highest BCUT2D eigenvalue weighted by atomic mass is 35.5. The molecule has 2 aromatic carbocycles. The van der Waals surface area contributed by atoms with E-state index in [0.717, 1.165) is 5.69 Å². The standard InChI is InChI=1S/C14H12ClN3O/c1-10(19)16-12-5-7-13(8-6-12)17-18-14-4-2-3-11(15)9-14/h2-9H,1H3,(H,16,19). The molecule has 2 rings (SSSR count). The molecule has 0 saturated heterocycles. The summed E-state index contributed by atoms with van der Waals surface area (Å²) in [5, 5.41) is 11.5. The molecule has 0 aromatic heterocycles. The van der Waals surface area contributed by atoms with Gasteiger partial charge < -0.3 is 5.32 Å². The number of carbonyl (C=O) groups is 1. The number of nitrogens with zero attached hydrogens (tertiary/aromatic N) is 2. The van der Waals surface area contributed by atoms with Crippen molar-refractivity contribution in [1.29, 1.82) is 0 Å². The third-order valence-corrected chi connectivity index (χ3v) is 2.51. The summed E-state index contributed by atoms with van der Waals surface area (Å²) in [6, 6.07) is 14.2. The lowest BCUT2D eigenvalue weighted by atomic mass is 10.3. The number of halogens is 1. The van der Waals surface area contributed by atoms with Crippen LogP contribution >= 0.6 is 11.6 Å². The van der Waals surface area contributed by atoms with Crippen LogP contribution in [0, 0.1) is 0 Å². The Balaban J connectivity index is 2.09. The molecule has 19 heavy (non-hydrogen) atoms. The van der Waals surface area contributed by atoms with Crippen LogP contribution in [0.2, 0.25) is 5.02 Å². The zero-order valence-corrected chi connectivity index (χ0v) is 11.1. The van der Waals surface area contributed by atoms with Gasteiger partial charge in [0, 0.05) is 17.6 Å². The molecule has 1 N–H and O–H groups in total. The van der Waals surface area contributed by atoms with E-state index in [9.17, 15) is 4.79 Å². The molecule has 0 radical (unpaired) electrons. The van der Waals surface area contributed by atoms with Crippen LogP contribution in [0.5, 0.6) is 0 Å². The molecule has 96 valence electrons. The summed E-state index contributed by atoms with van der Waals surface area (Å²) in [5.41, 5.74) is 2.13. The summed E-state index contributed by atoms with van der Waals surface area (Å²) in [6.07, 6.45) is 0. The van der Waals surface area contributed by atoms with Crippen molar-refractivity contribution in [2.45, 2.75) is 6.92 Å². The van der Waals surface area contributed by atoms with E-state index in [1.165, 1.54) is 6.92 Å². The van der Waals surface area contributed by atoms with Crippen molar-refractivity contribution in [1.82, 2.24) is 0 Å². The van der Waals surface area contributed by atoms with Gasteiger partial charge in [-0.3, -0.25) is 4.79 Å². The number of azo groups is 1. The number of nitrogens with one attached hydrogen (secondary N) is 1. The van der Waals surface area contributed by atoms with E-state index in [4.69, 9.17) is 11.6 Å². The zero-order chi connectivity index (χ0) is 13.7. The van der Waals surface area contributed by atoms with Gasteiger partial charge in [0.25, 0.3) is 0 Å². The highest BCUT2D eigenvalue weighted by Crippen LogP contribution is 2.22. The summed E-state index contributed by atoms with van der Waals surface area (Å²) >= 11 is 5.85. The molecule has 1 amide bonds. The highest BCUT2D eigenvalue weighted by Gasteiger charge is 1.96. The Morgan fingerprint density at radius 1 is 1.05 bits per heavy atom. The monoisotopic (exact) mass is 273 g/mol. The largest absolute Gasteiger partial charge is 0.326 e. The molecule has 0 heterocycles. The molecule has 2 aromatic rings. The second kappa shape index (κ2) is 6.11. The first-order valence-corrected chi connectivity index (χ1v) is 6.06. The normalized spacial score (nSPS) is 10.6. The van der Waals surface area contributed by atoms with E-state index in [-0.39, 0.29) is 5.91 Å². The minimum atomic E-state index is -0.103. The summed E-state index contributed by atoms with van der Waals surface area (Å²) < 4.78 is 0. The SMILES string of the molecule is CC(=O)Nc1ccc(N=Nc2cccc(Cl)c2)cc1. The Labute approximate surface area is 116 Å². The van der Waals surface area contributed by atoms with E-state index < -0.39 is 0 Å². The summed E-state index contributed by atoms with van der Waals surface area (Å²) in [4.78, 5) is 10.9. The third-order valence-electron chi connectivity index (χ3n) is 2.28. The van der Waals surface area contributed by atoms with Crippen LogP contribution in [0.15, 0.2) is 58.8 Å². The van der Waals surface area contributed by atoms with Crippen LogP contribution in [0.25, 0.3) is 0 Å². The predicted octanol–water partition coefficient (Wildman–Crippen LogP) is 4.71. The van der Waals surface area contributed by atoms with E-state index in [1.807, 2.05) is 12.1 Å². The van der Waals surface area contributed by atoms with Crippen molar-refractivity contribution in [3.63, 3.8) is 0 Å². The Bertz CT molecular complexity index is 608. The Morgan fingerprint density at radius 2 is 1.74 bits per heavy atom. The summed E-state index contributed by atoms with van der Waals surface area (Å²) in [7, 11) is 0. The van der Waals surface area contributed by atoms with Crippen molar-refractivity contribution >= 4 is 34.6 Å². The minimum absolute atomic E-state index is 0.103. The quantitative estimate of drug-likeness (QED) is 0.809. The average Bonchev–Trinajstić information content (AvgIpc) is 2.37. The molecular formula is C14H12ClN3O. The predicted molar refractivity (Wildman–Crippen MR) is 76.4 cm³/mol. The van der Waals surface area contributed by atoms with Crippen LogP contribution in [0.1, 0.15) is 6.92 Å². The van der Waals surface area contributed by atoms with E-state index in [1.54, 1.807) is 36.4 Å². The number of benzene rings is 2. The fraction of sp³-hybridized carbons (Fsp3) is 0.0714. The van der Waals surface area contributed by atoms with Gasteiger partial charge >= 0.3 is 0 Å². The molecule has 4 nitrogen and oxygen atoms in total. The maximum absolute atomic E-state index is 10.9. The number of rotatable bonds is 3. The van der Waals surface area contributed by atoms with Gasteiger partial charge in [0.1, 0.15) is 0 Å². The topological polar surface area (TPSA) is 53.8 Å². The van der Waals surface area contributed by atoms with Crippen LogP contribution in [-0.4, -0.2) is 5.91 Å². The molecule has 0 atom stereocenters. The first kappa shape index (κ1) is 13.2. The number of amides is 1. The lowest BCUT2D eigenvalue weighted by Crippen LogP contribution is -2.04. The second-order valence-electron chi connectivity index (χ2n) is 3.91. The molecule has 0 aliphatic heterocycles. The lowest BCUT2D eigenvalue weighted by Gasteiger charge is -2.01. The van der Waals surface area contributed by atoms with Crippen LogP contribution in [-0.2, 0) is 4.79 Å². The number of hydrogen-bond acceptors (Lipinski definition) is 3. The van der Waals surface area contributed by atoms with Gasteiger partial charge in [-0.15, -0.1) is 0 Å². The third kappa shape index (κ3) is 4.19. The van der Waals surface area contributed by atoms with E-state index in [0.29, 0.717) is 16.4 Å². The Morgan fingerprint density at radius 3 is 2.37 bits per heavy atom. The molecule has 0 saturated carbocycles. The summed E-state index contributed by atoms with van der Waals surface area (Å²) in [5.74, 6) is -0.103. The molecule has 5 heteroatoms. The number of anilines is 1. The molecule has 0 spiro atoms. The average molecular weight is 274 g/mol. The van der Waals surface area contributed by atoms with Gasteiger partial charge in [-0.1, -0.05) is 17.7 Å². The van der Waals surface area contributed by atoms with Crippen molar-refractivity contribution in [3.8, 4) is 0 Å².